The second kappa shape index (κ2) is 8.82. The van der Waals surface area contributed by atoms with Gasteiger partial charge in [0, 0.05) is 18.3 Å². The van der Waals surface area contributed by atoms with Gasteiger partial charge in [0.05, 0.1) is 11.8 Å². The monoisotopic (exact) mass is 342 g/mol. The van der Waals surface area contributed by atoms with Crippen LogP contribution in [0.15, 0.2) is 49.1 Å². The van der Waals surface area contributed by atoms with Crippen LogP contribution >= 0.6 is 0 Å². The highest BCUT2D eigenvalue weighted by Crippen LogP contribution is 2.28. The van der Waals surface area contributed by atoms with Crippen LogP contribution in [0.3, 0.4) is 0 Å². The van der Waals surface area contributed by atoms with Gasteiger partial charge in [0.2, 0.25) is 11.8 Å². The van der Waals surface area contributed by atoms with Crippen molar-refractivity contribution in [3.05, 3.63) is 49.1 Å². The van der Waals surface area contributed by atoms with Crippen molar-refractivity contribution in [1.29, 1.82) is 0 Å². The van der Waals surface area contributed by atoms with Gasteiger partial charge in [-0.15, -0.1) is 0 Å². The number of amides is 2. The zero-order chi connectivity index (χ0) is 18.2. The van der Waals surface area contributed by atoms with Crippen LogP contribution in [0.25, 0.3) is 0 Å². The number of esters is 1. The number of anilines is 2. The molecule has 1 aliphatic carbocycles. The third kappa shape index (κ3) is 5.31. The molecule has 1 aromatic carbocycles. The molecule has 2 rings (SSSR count). The van der Waals surface area contributed by atoms with E-state index in [0.717, 1.165) is 0 Å². The van der Waals surface area contributed by atoms with Crippen molar-refractivity contribution in [2.45, 2.75) is 19.8 Å². The molecule has 0 heterocycles. The molecule has 0 bridgehead atoms. The molecule has 1 aliphatic rings. The van der Waals surface area contributed by atoms with E-state index in [1.807, 2.05) is 12.2 Å². The van der Waals surface area contributed by atoms with E-state index in [2.05, 4.69) is 17.2 Å². The molecule has 6 nitrogen and oxygen atoms in total. The Labute approximate surface area is 146 Å². The van der Waals surface area contributed by atoms with Crippen molar-refractivity contribution < 1.29 is 19.1 Å². The Bertz CT molecular complexity index is 679. The Kier molecular flexibility index (Phi) is 6.51. The molecule has 0 spiro atoms. The van der Waals surface area contributed by atoms with Crippen molar-refractivity contribution in [3.63, 3.8) is 0 Å². The summed E-state index contributed by atoms with van der Waals surface area (Å²) in [5.74, 6) is -1.74. The minimum absolute atomic E-state index is 0.137. The fraction of sp³-hybridized carbons (Fsp3) is 0.316. The summed E-state index contributed by atoms with van der Waals surface area (Å²) in [6, 6.07) is 6.81. The molecule has 6 heteroatoms. The highest BCUT2D eigenvalue weighted by Gasteiger charge is 2.35. The number of hydrogen-bond donors (Lipinski definition) is 2. The van der Waals surface area contributed by atoms with E-state index >= 15 is 0 Å². The van der Waals surface area contributed by atoms with Crippen molar-refractivity contribution >= 4 is 29.2 Å². The summed E-state index contributed by atoms with van der Waals surface area (Å²) in [7, 11) is 0. The molecule has 0 fully saturated rings. The van der Waals surface area contributed by atoms with Gasteiger partial charge in [-0.25, -0.2) is 0 Å². The van der Waals surface area contributed by atoms with Gasteiger partial charge in [0.1, 0.15) is 6.61 Å². The number of nitrogens with one attached hydrogen (secondary N) is 2. The first-order valence-corrected chi connectivity index (χ1v) is 8.12. The van der Waals surface area contributed by atoms with E-state index in [1.54, 1.807) is 24.3 Å². The normalized spacial score (nSPS) is 18.9. The zero-order valence-corrected chi connectivity index (χ0v) is 14.2. The quantitative estimate of drug-likeness (QED) is 0.615. The molecule has 1 aromatic rings. The number of ether oxygens (including phenoxy) is 1. The first kappa shape index (κ1) is 18.4. The molecule has 25 heavy (non-hydrogen) atoms. The van der Waals surface area contributed by atoms with Gasteiger partial charge in [-0.3, -0.25) is 14.4 Å². The maximum absolute atomic E-state index is 12.6. The van der Waals surface area contributed by atoms with Crippen LogP contribution in [-0.2, 0) is 19.1 Å². The van der Waals surface area contributed by atoms with E-state index in [0.29, 0.717) is 24.2 Å². The highest BCUT2D eigenvalue weighted by molar-refractivity contribution is 5.96. The molecule has 2 atom stereocenters. The number of allylic oxidation sites excluding steroid dienone is 2. The van der Waals surface area contributed by atoms with Crippen LogP contribution in [0, 0.1) is 11.8 Å². The summed E-state index contributed by atoms with van der Waals surface area (Å²) < 4.78 is 5.10. The molecule has 0 aromatic heterocycles. The molecule has 0 aliphatic heterocycles. The van der Waals surface area contributed by atoms with Crippen LogP contribution in [0.2, 0.25) is 0 Å². The maximum Gasteiger partial charge on any atom is 0.310 e. The smallest absolute Gasteiger partial charge is 0.310 e. The fourth-order valence-electron chi connectivity index (χ4n) is 2.69. The first-order chi connectivity index (χ1) is 12.0. The van der Waals surface area contributed by atoms with Crippen LogP contribution in [-0.4, -0.2) is 24.4 Å². The van der Waals surface area contributed by atoms with Crippen molar-refractivity contribution in [1.82, 2.24) is 0 Å². The lowest BCUT2D eigenvalue weighted by Crippen LogP contribution is -2.35. The first-order valence-electron chi connectivity index (χ1n) is 8.12. The topological polar surface area (TPSA) is 84.5 Å². The Morgan fingerprint density at radius 1 is 1.08 bits per heavy atom. The summed E-state index contributed by atoms with van der Waals surface area (Å²) in [5, 5.41) is 5.48. The molecule has 2 amide bonds. The van der Waals surface area contributed by atoms with Crippen molar-refractivity contribution in [2.24, 2.45) is 11.8 Å². The molecule has 0 saturated carbocycles. The van der Waals surface area contributed by atoms with Gasteiger partial charge in [0.15, 0.2) is 0 Å². The summed E-state index contributed by atoms with van der Waals surface area (Å²) in [5.41, 5.74) is 1.25. The molecule has 0 unspecified atom stereocenters. The van der Waals surface area contributed by atoms with E-state index in [1.165, 1.54) is 13.0 Å². The lowest BCUT2D eigenvalue weighted by Gasteiger charge is -2.25. The third-order valence-corrected chi connectivity index (χ3v) is 3.89. The Morgan fingerprint density at radius 2 is 1.64 bits per heavy atom. The van der Waals surface area contributed by atoms with Crippen molar-refractivity contribution in [3.8, 4) is 0 Å². The van der Waals surface area contributed by atoms with E-state index < -0.39 is 11.8 Å². The van der Waals surface area contributed by atoms with Crippen LogP contribution in [0.5, 0.6) is 0 Å². The van der Waals surface area contributed by atoms with Gasteiger partial charge >= 0.3 is 5.97 Å². The Balaban J connectivity index is 2.02. The van der Waals surface area contributed by atoms with E-state index in [4.69, 9.17) is 4.74 Å². The van der Waals surface area contributed by atoms with Crippen molar-refractivity contribution in [2.75, 3.05) is 17.2 Å². The van der Waals surface area contributed by atoms with E-state index in [9.17, 15) is 14.4 Å². The number of carbonyl (C=O) groups excluding carboxylic acids is 3. The van der Waals surface area contributed by atoms with Gasteiger partial charge in [-0.2, -0.15) is 0 Å². The maximum atomic E-state index is 12.6. The average molecular weight is 342 g/mol. The summed E-state index contributed by atoms with van der Waals surface area (Å²) in [6.07, 6.45) is 6.27. The number of carbonyl (C=O) groups is 3. The van der Waals surface area contributed by atoms with Gasteiger partial charge < -0.3 is 15.4 Å². The summed E-state index contributed by atoms with van der Waals surface area (Å²) >= 11 is 0. The number of hydrogen-bond acceptors (Lipinski definition) is 4. The predicted molar refractivity (Wildman–Crippen MR) is 95.9 cm³/mol. The standard InChI is InChI=1S/C19H22N2O4/c1-3-12-25-19(24)17-7-5-4-6-16(17)18(23)21-15-10-8-14(9-11-15)20-13(2)22/h3-5,8-11,16-17H,1,6-7,12H2,2H3,(H,20,22)(H,21,23)/t16-,17-/m0/s1. The zero-order valence-electron chi connectivity index (χ0n) is 14.2. The second-order valence-corrected chi connectivity index (χ2v) is 5.82. The molecule has 2 N–H and O–H groups in total. The second-order valence-electron chi connectivity index (χ2n) is 5.82. The van der Waals surface area contributed by atoms with Gasteiger partial charge in [-0.05, 0) is 37.1 Å². The number of rotatable bonds is 6. The molecule has 0 saturated heterocycles. The van der Waals surface area contributed by atoms with Crippen LogP contribution in [0.4, 0.5) is 11.4 Å². The lowest BCUT2D eigenvalue weighted by molar-refractivity contribution is -0.151. The third-order valence-electron chi connectivity index (χ3n) is 3.89. The number of benzene rings is 1. The van der Waals surface area contributed by atoms with Gasteiger partial charge in [0.25, 0.3) is 0 Å². The van der Waals surface area contributed by atoms with E-state index in [-0.39, 0.29) is 24.4 Å². The molecular weight excluding hydrogens is 320 g/mol. The average Bonchev–Trinajstić information content (AvgIpc) is 2.61. The van der Waals surface area contributed by atoms with Gasteiger partial charge in [-0.1, -0.05) is 24.8 Å². The minimum Gasteiger partial charge on any atom is -0.461 e. The SMILES string of the molecule is C=CCOC(=O)[C@H]1CC=CC[C@@H]1C(=O)Nc1ccc(NC(C)=O)cc1. The lowest BCUT2D eigenvalue weighted by atomic mass is 9.82. The Morgan fingerprint density at radius 3 is 2.20 bits per heavy atom. The largest absolute Gasteiger partial charge is 0.461 e. The predicted octanol–water partition coefficient (Wildman–Crippen LogP) is 2.90. The molecule has 132 valence electrons. The summed E-state index contributed by atoms with van der Waals surface area (Å²) in [4.78, 5) is 35.7. The van der Waals surface area contributed by atoms with Crippen LogP contribution < -0.4 is 10.6 Å². The van der Waals surface area contributed by atoms with Crippen LogP contribution in [0.1, 0.15) is 19.8 Å². The minimum atomic E-state index is -0.497. The highest BCUT2D eigenvalue weighted by atomic mass is 16.5. The molecular formula is C19H22N2O4. The molecule has 0 radical (unpaired) electrons. The Hall–Kier alpha value is -2.89. The summed E-state index contributed by atoms with van der Waals surface area (Å²) in [6.45, 7) is 5.08. The fourth-order valence-corrected chi connectivity index (χ4v) is 2.69.